The number of rotatable bonds is 3. The van der Waals surface area contributed by atoms with E-state index in [1.807, 2.05) is 0 Å². The lowest BCUT2D eigenvalue weighted by atomic mass is 9.78. The summed E-state index contributed by atoms with van der Waals surface area (Å²) in [5.41, 5.74) is -0.0858. The first kappa shape index (κ1) is 18.5. The van der Waals surface area contributed by atoms with Gasteiger partial charge < -0.3 is 9.47 Å². The summed E-state index contributed by atoms with van der Waals surface area (Å²) in [6.07, 6.45) is 5.59. The number of ether oxygens (including phenoxy) is 2. The molecule has 2 aliphatic rings. The van der Waals surface area contributed by atoms with Crippen molar-refractivity contribution < 1.29 is 14.3 Å². The van der Waals surface area contributed by atoms with Gasteiger partial charge >= 0.3 is 5.69 Å². The number of aromatic nitrogens is 2. The maximum atomic E-state index is 12.6. The van der Waals surface area contributed by atoms with Gasteiger partial charge in [-0.15, -0.1) is 0 Å². The van der Waals surface area contributed by atoms with Gasteiger partial charge in [0.15, 0.2) is 5.78 Å². The summed E-state index contributed by atoms with van der Waals surface area (Å²) in [6, 6.07) is 6.57. The average Bonchev–Trinajstić information content (AvgIpc) is 2.68. The highest BCUT2D eigenvalue weighted by molar-refractivity contribution is 6.00. The highest BCUT2D eigenvalue weighted by atomic mass is 16.5. The Morgan fingerprint density at radius 2 is 1.79 bits per heavy atom. The third-order valence-electron chi connectivity index (χ3n) is 5.84. The molecule has 1 aliphatic heterocycles. The van der Waals surface area contributed by atoms with Gasteiger partial charge in [0.05, 0.1) is 17.7 Å². The van der Waals surface area contributed by atoms with Gasteiger partial charge in [0, 0.05) is 26.2 Å². The molecular formula is C21H24N2O5. The summed E-state index contributed by atoms with van der Waals surface area (Å²) in [5.74, 6) is 1.21. The van der Waals surface area contributed by atoms with Crippen LogP contribution in [0.1, 0.15) is 54.6 Å². The maximum Gasteiger partial charge on any atom is 0.330 e. The van der Waals surface area contributed by atoms with Gasteiger partial charge in [-0.25, -0.2) is 4.79 Å². The van der Waals surface area contributed by atoms with Crippen molar-refractivity contribution in [3.63, 3.8) is 0 Å². The molecule has 0 N–H and O–H groups in total. The lowest BCUT2D eigenvalue weighted by Crippen LogP contribution is -2.43. The van der Waals surface area contributed by atoms with Crippen LogP contribution in [0.5, 0.6) is 11.5 Å². The number of carbonyl (C=O) groups is 1. The van der Waals surface area contributed by atoms with E-state index in [9.17, 15) is 14.4 Å². The lowest BCUT2D eigenvalue weighted by molar-refractivity contribution is 0.0134. The largest absolute Gasteiger partial charge is 0.487 e. The Labute approximate surface area is 162 Å². The van der Waals surface area contributed by atoms with E-state index < -0.39 is 5.69 Å². The molecule has 0 amide bonds. The Balaban J connectivity index is 1.57. The normalized spacial score (nSPS) is 17.9. The maximum absolute atomic E-state index is 12.6. The van der Waals surface area contributed by atoms with Crippen LogP contribution in [-0.2, 0) is 20.7 Å². The molecule has 1 saturated carbocycles. The molecule has 148 valence electrons. The van der Waals surface area contributed by atoms with Crippen molar-refractivity contribution >= 4 is 5.78 Å². The standard InChI is InChI=1S/C21H24N2O5/c1-22-14(10-19(25)23(2)20(22)26)13-27-15-6-7-16-17(24)12-21(28-18(16)11-15)8-4-3-5-9-21/h6-7,10-11H,3-5,8-9,12-13H2,1-2H3. The Hall–Kier alpha value is -2.83. The van der Waals surface area contributed by atoms with Gasteiger partial charge in [-0.2, -0.15) is 0 Å². The fourth-order valence-corrected chi connectivity index (χ4v) is 4.11. The molecule has 2 heterocycles. The van der Waals surface area contributed by atoms with E-state index in [1.54, 1.807) is 25.2 Å². The molecule has 1 aromatic carbocycles. The van der Waals surface area contributed by atoms with Crippen molar-refractivity contribution in [2.75, 3.05) is 0 Å². The molecule has 1 aliphatic carbocycles. The van der Waals surface area contributed by atoms with Crippen LogP contribution >= 0.6 is 0 Å². The molecule has 4 rings (SSSR count). The van der Waals surface area contributed by atoms with E-state index in [1.165, 1.54) is 24.1 Å². The SMILES string of the molecule is Cn1c(COc2ccc3c(c2)OC2(CCCCC2)CC3=O)cc(=O)n(C)c1=O. The molecule has 0 radical (unpaired) electrons. The van der Waals surface area contributed by atoms with E-state index in [0.29, 0.717) is 29.2 Å². The predicted molar refractivity (Wildman–Crippen MR) is 103 cm³/mol. The highest BCUT2D eigenvalue weighted by Crippen LogP contribution is 2.42. The number of nitrogens with zero attached hydrogens (tertiary/aromatic N) is 2. The zero-order valence-corrected chi connectivity index (χ0v) is 16.2. The first-order valence-electron chi connectivity index (χ1n) is 9.64. The van der Waals surface area contributed by atoms with Crippen molar-refractivity contribution in [2.24, 2.45) is 14.1 Å². The molecule has 7 nitrogen and oxygen atoms in total. The number of benzene rings is 1. The molecule has 0 atom stereocenters. The van der Waals surface area contributed by atoms with Crippen LogP contribution in [-0.4, -0.2) is 20.5 Å². The topological polar surface area (TPSA) is 79.5 Å². The van der Waals surface area contributed by atoms with Crippen molar-refractivity contribution in [1.82, 2.24) is 9.13 Å². The van der Waals surface area contributed by atoms with E-state index in [2.05, 4.69) is 0 Å². The summed E-state index contributed by atoms with van der Waals surface area (Å²) in [7, 11) is 3.04. The van der Waals surface area contributed by atoms with Gasteiger partial charge in [-0.1, -0.05) is 6.42 Å². The van der Waals surface area contributed by atoms with Gasteiger partial charge in [-0.3, -0.25) is 18.7 Å². The Kier molecular flexibility index (Phi) is 4.61. The van der Waals surface area contributed by atoms with E-state index in [4.69, 9.17) is 9.47 Å². The van der Waals surface area contributed by atoms with Crippen molar-refractivity contribution in [2.45, 2.75) is 50.7 Å². The van der Waals surface area contributed by atoms with E-state index in [-0.39, 0.29) is 23.6 Å². The van der Waals surface area contributed by atoms with Crippen molar-refractivity contribution in [1.29, 1.82) is 0 Å². The average molecular weight is 384 g/mol. The molecule has 1 aromatic heterocycles. The number of carbonyl (C=O) groups excluding carboxylic acids is 1. The Morgan fingerprint density at radius 3 is 2.54 bits per heavy atom. The van der Waals surface area contributed by atoms with Crippen LogP contribution in [0.3, 0.4) is 0 Å². The first-order chi connectivity index (χ1) is 13.4. The summed E-state index contributed by atoms with van der Waals surface area (Å²) in [5, 5.41) is 0. The lowest BCUT2D eigenvalue weighted by Gasteiger charge is -2.40. The van der Waals surface area contributed by atoms with Gasteiger partial charge in [0.1, 0.15) is 23.7 Å². The van der Waals surface area contributed by atoms with Crippen LogP contribution in [0.4, 0.5) is 0 Å². The molecule has 0 unspecified atom stereocenters. The van der Waals surface area contributed by atoms with Gasteiger partial charge in [0.25, 0.3) is 5.56 Å². The van der Waals surface area contributed by atoms with Crippen LogP contribution in [0.25, 0.3) is 0 Å². The minimum absolute atomic E-state index is 0.0691. The zero-order valence-electron chi connectivity index (χ0n) is 16.2. The number of fused-ring (bicyclic) bond motifs is 1. The second-order valence-electron chi connectivity index (χ2n) is 7.77. The monoisotopic (exact) mass is 384 g/mol. The second-order valence-corrected chi connectivity index (χ2v) is 7.77. The van der Waals surface area contributed by atoms with Gasteiger partial charge in [-0.05, 0) is 37.8 Å². The molecule has 1 spiro atoms. The van der Waals surface area contributed by atoms with Crippen LogP contribution in [0.2, 0.25) is 0 Å². The number of Topliss-reactive ketones (excluding diaryl/α,β-unsaturated/α-hetero) is 1. The predicted octanol–water partition coefficient (Wildman–Crippen LogP) is 2.33. The fraction of sp³-hybridized carbons (Fsp3) is 0.476. The van der Waals surface area contributed by atoms with E-state index >= 15 is 0 Å². The zero-order chi connectivity index (χ0) is 19.9. The van der Waals surface area contributed by atoms with Gasteiger partial charge in [0.2, 0.25) is 0 Å². The summed E-state index contributed by atoms with van der Waals surface area (Å²) in [6.45, 7) is 0.0691. The molecule has 2 aromatic rings. The van der Waals surface area contributed by atoms with Crippen LogP contribution in [0, 0.1) is 0 Å². The second kappa shape index (κ2) is 6.96. The van der Waals surface area contributed by atoms with Crippen LogP contribution in [0.15, 0.2) is 33.9 Å². The molecule has 28 heavy (non-hydrogen) atoms. The Morgan fingerprint density at radius 1 is 1.04 bits per heavy atom. The summed E-state index contributed by atoms with van der Waals surface area (Å²) < 4.78 is 14.5. The van der Waals surface area contributed by atoms with Crippen molar-refractivity contribution in [3.8, 4) is 11.5 Å². The van der Waals surface area contributed by atoms with Crippen LogP contribution < -0.4 is 20.7 Å². The smallest absolute Gasteiger partial charge is 0.330 e. The highest BCUT2D eigenvalue weighted by Gasteiger charge is 2.41. The fourth-order valence-electron chi connectivity index (χ4n) is 4.11. The third-order valence-corrected chi connectivity index (χ3v) is 5.84. The molecule has 7 heteroatoms. The first-order valence-corrected chi connectivity index (χ1v) is 9.64. The number of ketones is 1. The quantitative estimate of drug-likeness (QED) is 0.812. The minimum atomic E-state index is -0.398. The number of hydrogen-bond acceptors (Lipinski definition) is 5. The van der Waals surface area contributed by atoms with E-state index in [0.717, 1.165) is 30.3 Å². The summed E-state index contributed by atoms with van der Waals surface area (Å²) in [4.78, 5) is 36.5. The molecule has 0 saturated heterocycles. The molecule has 0 bridgehead atoms. The van der Waals surface area contributed by atoms with Crippen molar-refractivity contribution in [3.05, 3.63) is 56.4 Å². The molecule has 1 fully saturated rings. The number of hydrogen-bond donors (Lipinski definition) is 0. The summed E-state index contributed by atoms with van der Waals surface area (Å²) >= 11 is 0. The Bertz CT molecular complexity index is 1040. The third kappa shape index (κ3) is 3.25. The minimum Gasteiger partial charge on any atom is -0.487 e. The molecular weight excluding hydrogens is 360 g/mol.